The Morgan fingerprint density at radius 3 is 2.48 bits per heavy atom. The molecular weight excluding hydrogens is 346 g/mol. The van der Waals surface area contributed by atoms with Crippen LogP contribution in [0, 0.1) is 0 Å². The third-order valence-electron chi connectivity index (χ3n) is 4.18. The van der Waals surface area contributed by atoms with Crippen LogP contribution in [-0.2, 0) is 0 Å². The molecular formula is C19H21N5O3. The molecule has 27 heavy (non-hydrogen) atoms. The van der Waals surface area contributed by atoms with Crippen LogP contribution in [0.5, 0.6) is 11.5 Å². The number of nitrogens with two attached hydrogens (primary N) is 1. The van der Waals surface area contributed by atoms with Gasteiger partial charge in [-0.25, -0.2) is 0 Å². The highest BCUT2D eigenvalue weighted by atomic mass is 16.5. The maximum absolute atomic E-state index is 12.6. The van der Waals surface area contributed by atoms with Crippen LogP contribution in [0.1, 0.15) is 29.0 Å². The van der Waals surface area contributed by atoms with E-state index in [0.29, 0.717) is 17.2 Å². The lowest BCUT2D eigenvalue weighted by Gasteiger charge is -2.13. The minimum atomic E-state index is -0.393. The molecule has 0 fully saturated rings. The summed E-state index contributed by atoms with van der Waals surface area (Å²) < 4.78 is 11.9. The molecule has 3 aromatic rings. The topological polar surface area (TPSA) is 104 Å². The molecule has 1 heterocycles. The molecule has 0 aliphatic carbocycles. The number of nitrogen functional groups attached to an aromatic ring is 1. The second-order valence-corrected chi connectivity index (χ2v) is 5.88. The average molecular weight is 367 g/mol. The van der Waals surface area contributed by atoms with Crippen LogP contribution in [-0.4, -0.2) is 35.1 Å². The van der Waals surface area contributed by atoms with Crippen LogP contribution >= 0.6 is 0 Å². The van der Waals surface area contributed by atoms with Crippen molar-refractivity contribution in [2.75, 3.05) is 20.0 Å². The van der Waals surface area contributed by atoms with E-state index >= 15 is 0 Å². The third kappa shape index (κ3) is 3.69. The third-order valence-corrected chi connectivity index (χ3v) is 4.18. The van der Waals surface area contributed by atoms with Crippen LogP contribution in [0.2, 0.25) is 0 Å². The number of aromatic nitrogens is 3. The Labute approximate surface area is 156 Å². The van der Waals surface area contributed by atoms with Gasteiger partial charge >= 0.3 is 0 Å². The molecule has 0 saturated heterocycles. The van der Waals surface area contributed by atoms with Crippen molar-refractivity contribution in [2.45, 2.75) is 13.0 Å². The Bertz CT molecular complexity index is 940. The highest BCUT2D eigenvalue weighted by Gasteiger charge is 2.21. The van der Waals surface area contributed by atoms with Crippen molar-refractivity contribution in [1.29, 1.82) is 0 Å². The number of nitrogens with zero attached hydrogens (tertiary/aromatic N) is 3. The van der Waals surface area contributed by atoms with E-state index in [1.54, 1.807) is 25.3 Å². The molecule has 0 radical (unpaired) electrons. The van der Waals surface area contributed by atoms with Crippen molar-refractivity contribution in [3.05, 3.63) is 59.8 Å². The van der Waals surface area contributed by atoms with Gasteiger partial charge in [0.25, 0.3) is 5.91 Å². The maximum atomic E-state index is 12.6. The lowest BCUT2D eigenvalue weighted by atomic mass is 10.1. The number of ether oxygens (including phenoxy) is 2. The van der Waals surface area contributed by atoms with Gasteiger partial charge in [-0.2, -0.15) is 4.68 Å². The Morgan fingerprint density at radius 1 is 1.11 bits per heavy atom. The van der Waals surface area contributed by atoms with E-state index in [0.717, 1.165) is 5.56 Å². The predicted octanol–water partition coefficient (Wildman–Crippen LogP) is 2.36. The average Bonchev–Trinajstić information content (AvgIpc) is 3.09. The van der Waals surface area contributed by atoms with Crippen LogP contribution in [0.25, 0.3) is 5.69 Å². The van der Waals surface area contributed by atoms with E-state index in [2.05, 4.69) is 15.6 Å². The van der Waals surface area contributed by atoms with Crippen molar-refractivity contribution in [2.24, 2.45) is 0 Å². The zero-order chi connectivity index (χ0) is 19.4. The lowest BCUT2D eigenvalue weighted by Crippen LogP contribution is -2.27. The summed E-state index contributed by atoms with van der Waals surface area (Å²) in [6, 6.07) is 14.6. The van der Waals surface area contributed by atoms with Crippen molar-refractivity contribution >= 4 is 11.7 Å². The van der Waals surface area contributed by atoms with E-state index in [9.17, 15) is 4.79 Å². The molecule has 1 amide bonds. The van der Waals surface area contributed by atoms with E-state index in [1.165, 1.54) is 11.8 Å². The van der Waals surface area contributed by atoms with Crippen LogP contribution in [0.15, 0.2) is 48.5 Å². The van der Waals surface area contributed by atoms with Gasteiger partial charge < -0.3 is 20.5 Å². The maximum Gasteiger partial charge on any atom is 0.276 e. The highest BCUT2D eigenvalue weighted by Crippen LogP contribution is 2.30. The highest BCUT2D eigenvalue weighted by molar-refractivity contribution is 5.96. The summed E-state index contributed by atoms with van der Waals surface area (Å²) in [6.07, 6.45) is 0. The molecule has 3 N–H and O–H groups in total. The smallest absolute Gasteiger partial charge is 0.276 e. The number of carbonyl (C=O) groups excluding carboxylic acids is 1. The monoisotopic (exact) mass is 367 g/mol. The van der Waals surface area contributed by atoms with Crippen molar-refractivity contribution in [1.82, 2.24) is 20.3 Å². The first-order valence-electron chi connectivity index (χ1n) is 8.34. The number of methoxy groups -OCH3 is 2. The SMILES string of the molecule is COc1ccc(-n2nnc(C(=O)NC(C)c3ccccc3)c2N)cc1OC. The van der Waals surface area contributed by atoms with Crippen molar-refractivity contribution < 1.29 is 14.3 Å². The minimum Gasteiger partial charge on any atom is -0.493 e. The Balaban J connectivity index is 1.84. The van der Waals surface area contributed by atoms with Crippen molar-refractivity contribution in [3.63, 3.8) is 0 Å². The number of anilines is 1. The summed E-state index contributed by atoms with van der Waals surface area (Å²) in [5, 5.41) is 10.8. The molecule has 0 saturated carbocycles. The molecule has 0 aliphatic heterocycles. The van der Waals surface area contributed by atoms with Crippen LogP contribution < -0.4 is 20.5 Å². The normalized spacial score (nSPS) is 11.7. The number of nitrogens with one attached hydrogen (secondary N) is 1. The summed E-state index contributed by atoms with van der Waals surface area (Å²) >= 11 is 0. The molecule has 0 spiro atoms. The molecule has 0 bridgehead atoms. The zero-order valence-electron chi connectivity index (χ0n) is 15.3. The first-order chi connectivity index (χ1) is 13.0. The largest absolute Gasteiger partial charge is 0.493 e. The molecule has 8 heteroatoms. The fourth-order valence-corrected chi connectivity index (χ4v) is 2.69. The summed E-state index contributed by atoms with van der Waals surface area (Å²) in [6.45, 7) is 1.89. The lowest BCUT2D eigenvalue weighted by molar-refractivity contribution is 0.0935. The quantitative estimate of drug-likeness (QED) is 0.693. The molecule has 1 unspecified atom stereocenters. The van der Waals surface area contributed by atoms with Gasteiger partial charge in [-0.05, 0) is 24.6 Å². The van der Waals surface area contributed by atoms with Gasteiger partial charge in [-0.15, -0.1) is 5.10 Å². The number of benzene rings is 2. The van der Waals surface area contributed by atoms with Gasteiger partial charge in [0.15, 0.2) is 23.0 Å². The standard InChI is InChI=1S/C19H21N5O3/c1-12(13-7-5-4-6-8-13)21-19(25)17-18(20)24(23-22-17)14-9-10-15(26-2)16(11-14)27-3/h4-12H,20H2,1-3H3,(H,21,25). The molecule has 1 aromatic heterocycles. The van der Waals surface area contributed by atoms with Gasteiger partial charge in [-0.3, -0.25) is 4.79 Å². The molecule has 1 atom stereocenters. The van der Waals surface area contributed by atoms with Crippen LogP contribution in [0.3, 0.4) is 0 Å². The van der Waals surface area contributed by atoms with Crippen LogP contribution in [0.4, 0.5) is 5.82 Å². The first kappa shape index (κ1) is 18.2. The van der Waals surface area contributed by atoms with Gasteiger partial charge in [0, 0.05) is 6.07 Å². The van der Waals surface area contributed by atoms with E-state index in [-0.39, 0.29) is 17.6 Å². The Morgan fingerprint density at radius 2 is 1.81 bits per heavy atom. The predicted molar refractivity (Wildman–Crippen MR) is 101 cm³/mol. The van der Waals surface area contributed by atoms with E-state index in [1.807, 2.05) is 37.3 Å². The number of carbonyl (C=O) groups is 1. The summed E-state index contributed by atoms with van der Waals surface area (Å²) in [7, 11) is 3.09. The number of hydrogen-bond donors (Lipinski definition) is 2. The number of amides is 1. The number of hydrogen-bond acceptors (Lipinski definition) is 6. The molecule has 2 aromatic carbocycles. The molecule has 8 nitrogen and oxygen atoms in total. The molecule has 140 valence electrons. The van der Waals surface area contributed by atoms with Gasteiger partial charge in [0.2, 0.25) is 0 Å². The second-order valence-electron chi connectivity index (χ2n) is 5.88. The second kappa shape index (κ2) is 7.77. The van der Waals surface area contributed by atoms with E-state index in [4.69, 9.17) is 15.2 Å². The summed E-state index contributed by atoms with van der Waals surface area (Å²) in [5.74, 6) is 0.846. The minimum absolute atomic E-state index is 0.0626. The van der Waals surface area contributed by atoms with Gasteiger partial charge in [-0.1, -0.05) is 35.5 Å². The van der Waals surface area contributed by atoms with Crippen molar-refractivity contribution in [3.8, 4) is 17.2 Å². The zero-order valence-corrected chi connectivity index (χ0v) is 15.3. The van der Waals surface area contributed by atoms with Gasteiger partial charge in [0.1, 0.15) is 0 Å². The summed E-state index contributed by atoms with van der Waals surface area (Å²) in [5.41, 5.74) is 7.77. The Hall–Kier alpha value is -3.55. The fourth-order valence-electron chi connectivity index (χ4n) is 2.69. The Kier molecular flexibility index (Phi) is 5.25. The molecule has 3 rings (SSSR count). The van der Waals surface area contributed by atoms with Gasteiger partial charge in [0.05, 0.1) is 25.9 Å². The molecule has 0 aliphatic rings. The number of rotatable bonds is 6. The van der Waals surface area contributed by atoms with E-state index < -0.39 is 5.91 Å². The fraction of sp³-hybridized carbons (Fsp3) is 0.211. The first-order valence-corrected chi connectivity index (χ1v) is 8.34. The summed E-state index contributed by atoms with van der Waals surface area (Å²) in [4.78, 5) is 12.6.